The zero-order valence-corrected chi connectivity index (χ0v) is 11.9. The Kier molecular flexibility index (Phi) is 3.99. The fraction of sp³-hybridized carbons (Fsp3) is 0.462. The van der Waals surface area contributed by atoms with E-state index < -0.39 is 0 Å². The number of allylic oxidation sites excluding steroid dienone is 2. The molecule has 0 saturated carbocycles. The summed E-state index contributed by atoms with van der Waals surface area (Å²) in [5, 5.41) is 3.24. The van der Waals surface area contributed by atoms with E-state index in [1.807, 2.05) is 38.0 Å². The highest BCUT2D eigenvalue weighted by atomic mass is 15.3. The Bertz CT molecular complexity index is 478. The summed E-state index contributed by atoms with van der Waals surface area (Å²) in [7, 11) is 7.67. The summed E-state index contributed by atoms with van der Waals surface area (Å²) in [4.78, 5) is 16.9. The minimum atomic E-state index is 0.601. The lowest BCUT2D eigenvalue weighted by Crippen LogP contribution is -2.20. The minimum absolute atomic E-state index is 0.601. The predicted molar refractivity (Wildman–Crippen MR) is 78.8 cm³/mol. The summed E-state index contributed by atoms with van der Waals surface area (Å²) >= 11 is 0. The van der Waals surface area contributed by atoms with Gasteiger partial charge in [-0.3, -0.25) is 0 Å². The molecule has 1 heterocycles. The van der Waals surface area contributed by atoms with Crippen molar-refractivity contribution in [2.45, 2.75) is 6.42 Å². The Morgan fingerprint density at radius 2 is 1.68 bits per heavy atom. The fourth-order valence-electron chi connectivity index (χ4n) is 1.65. The lowest BCUT2D eigenvalue weighted by atomic mass is 10.3. The molecule has 1 aromatic rings. The summed E-state index contributed by atoms with van der Waals surface area (Å²) in [6.07, 6.45) is 7.46. The van der Waals surface area contributed by atoms with Crippen molar-refractivity contribution in [2.75, 3.05) is 49.9 Å². The molecule has 0 unspecified atom stereocenters. The molecule has 19 heavy (non-hydrogen) atoms. The van der Waals surface area contributed by atoms with E-state index in [4.69, 9.17) is 0 Å². The zero-order chi connectivity index (χ0) is 13.8. The molecular weight excluding hydrogens is 240 g/mol. The van der Waals surface area contributed by atoms with E-state index in [0.717, 1.165) is 13.0 Å². The van der Waals surface area contributed by atoms with Crippen molar-refractivity contribution >= 4 is 17.8 Å². The number of hydrogen-bond donors (Lipinski definition) is 1. The number of nitrogens with one attached hydrogen (secondary N) is 1. The van der Waals surface area contributed by atoms with Gasteiger partial charge >= 0.3 is 0 Å². The van der Waals surface area contributed by atoms with Crippen LogP contribution in [0.25, 0.3) is 0 Å². The Labute approximate surface area is 113 Å². The largest absolute Gasteiger partial charge is 0.350 e. The van der Waals surface area contributed by atoms with Crippen molar-refractivity contribution in [3.05, 3.63) is 23.8 Å². The molecule has 1 N–H and O–H groups in total. The number of rotatable bonds is 5. The van der Waals surface area contributed by atoms with Crippen molar-refractivity contribution in [1.82, 2.24) is 15.0 Å². The highest BCUT2D eigenvalue weighted by Crippen LogP contribution is 2.14. The Hall–Kier alpha value is -2.11. The molecule has 6 nitrogen and oxygen atoms in total. The van der Waals surface area contributed by atoms with E-state index in [-0.39, 0.29) is 0 Å². The van der Waals surface area contributed by atoms with Crippen LogP contribution in [-0.2, 0) is 0 Å². The molecule has 1 aliphatic carbocycles. The summed E-state index contributed by atoms with van der Waals surface area (Å²) in [6, 6.07) is 0. The van der Waals surface area contributed by atoms with Crippen LogP contribution in [0, 0.1) is 0 Å². The van der Waals surface area contributed by atoms with Crippen LogP contribution in [0.1, 0.15) is 6.42 Å². The highest BCUT2D eigenvalue weighted by Gasteiger charge is 2.09. The third-order valence-corrected chi connectivity index (χ3v) is 2.71. The average Bonchev–Trinajstić information content (AvgIpc) is 2.89. The third-order valence-electron chi connectivity index (χ3n) is 2.71. The molecule has 2 rings (SSSR count). The standard InChI is InChI=1S/C13H20N6/c1-18(2)12-15-11(16-13(17-12)19(3)4)14-9-10-7-5-6-8-10/h5,7-8H,6,9H2,1-4H3,(H,14,15,16,17). The maximum atomic E-state index is 4.39. The quantitative estimate of drug-likeness (QED) is 0.861. The second kappa shape index (κ2) is 5.69. The van der Waals surface area contributed by atoms with Crippen molar-refractivity contribution < 1.29 is 0 Å². The fourth-order valence-corrected chi connectivity index (χ4v) is 1.65. The van der Waals surface area contributed by atoms with Gasteiger partial charge in [0, 0.05) is 34.7 Å². The van der Waals surface area contributed by atoms with Crippen LogP contribution in [0.4, 0.5) is 17.8 Å². The van der Waals surface area contributed by atoms with Gasteiger partial charge in [-0.1, -0.05) is 18.2 Å². The number of hydrogen-bond acceptors (Lipinski definition) is 6. The predicted octanol–water partition coefficient (Wildman–Crippen LogP) is 1.30. The van der Waals surface area contributed by atoms with E-state index in [0.29, 0.717) is 17.8 Å². The third kappa shape index (κ3) is 3.43. The van der Waals surface area contributed by atoms with Gasteiger partial charge in [0.2, 0.25) is 17.8 Å². The molecular formula is C13H20N6. The van der Waals surface area contributed by atoms with Crippen LogP contribution >= 0.6 is 0 Å². The maximum absolute atomic E-state index is 4.39. The molecule has 0 radical (unpaired) electrons. The van der Waals surface area contributed by atoms with E-state index in [1.165, 1.54) is 5.57 Å². The molecule has 0 fully saturated rings. The van der Waals surface area contributed by atoms with Gasteiger partial charge in [0.15, 0.2) is 0 Å². The number of aromatic nitrogens is 3. The first kappa shape index (κ1) is 13.3. The van der Waals surface area contributed by atoms with Crippen molar-refractivity contribution in [1.29, 1.82) is 0 Å². The van der Waals surface area contributed by atoms with Gasteiger partial charge < -0.3 is 15.1 Å². The molecule has 1 aromatic heterocycles. The van der Waals surface area contributed by atoms with Gasteiger partial charge in [-0.2, -0.15) is 15.0 Å². The number of anilines is 3. The summed E-state index contributed by atoms with van der Waals surface area (Å²) < 4.78 is 0. The lowest BCUT2D eigenvalue weighted by Gasteiger charge is -2.16. The Morgan fingerprint density at radius 3 is 2.16 bits per heavy atom. The van der Waals surface area contributed by atoms with Crippen LogP contribution in [-0.4, -0.2) is 49.7 Å². The SMILES string of the molecule is CN(C)c1nc(NCC2=CCC=C2)nc(N(C)C)n1. The van der Waals surface area contributed by atoms with Gasteiger partial charge in [-0.25, -0.2) is 0 Å². The van der Waals surface area contributed by atoms with Gasteiger partial charge in [0.05, 0.1) is 0 Å². The first-order chi connectivity index (χ1) is 9.06. The summed E-state index contributed by atoms with van der Waals surface area (Å²) in [5.74, 6) is 1.90. The molecule has 0 atom stereocenters. The van der Waals surface area contributed by atoms with E-state index in [2.05, 4.69) is 38.5 Å². The van der Waals surface area contributed by atoms with Gasteiger partial charge in [-0.05, 0) is 12.0 Å². The highest BCUT2D eigenvalue weighted by molar-refractivity contribution is 5.45. The molecule has 6 heteroatoms. The molecule has 0 amide bonds. The summed E-state index contributed by atoms with van der Waals surface area (Å²) in [6.45, 7) is 0.736. The normalized spacial score (nSPS) is 13.4. The van der Waals surface area contributed by atoms with Gasteiger partial charge in [0.25, 0.3) is 0 Å². The average molecular weight is 260 g/mol. The van der Waals surface area contributed by atoms with Crippen LogP contribution in [0.3, 0.4) is 0 Å². The van der Waals surface area contributed by atoms with E-state index >= 15 is 0 Å². The van der Waals surface area contributed by atoms with Crippen LogP contribution in [0.2, 0.25) is 0 Å². The minimum Gasteiger partial charge on any atom is -0.350 e. The molecule has 0 aliphatic heterocycles. The van der Waals surface area contributed by atoms with Gasteiger partial charge in [0.1, 0.15) is 0 Å². The Balaban J connectivity index is 2.16. The summed E-state index contributed by atoms with van der Waals surface area (Å²) in [5.41, 5.74) is 1.26. The molecule has 0 saturated heterocycles. The topological polar surface area (TPSA) is 57.2 Å². The van der Waals surface area contributed by atoms with Crippen molar-refractivity contribution in [3.8, 4) is 0 Å². The van der Waals surface area contributed by atoms with Gasteiger partial charge in [-0.15, -0.1) is 0 Å². The molecule has 0 bridgehead atoms. The molecule has 1 aliphatic rings. The smallest absolute Gasteiger partial charge is 0.231 e. The monoisotopic (exact) mass is 260 g/mol. The van der Waals surface area contributed by atoms with Crippen LogP contribution in [0.15, 0.2) is 23.8 Å². The Morgan fingerprint density at radius 1 is 1.05 bits per heavy atom. The second-order valence-corrected chi connectivity index (χ2v) is 4.82. The molecule has 102 valence electrons. The van der Waals surface area contributed by atoms with Crippen molar-refractivity contribution in [3.63, 3.8) is 0 Å². The second-order valence-electron chi connectivity index (χ2n) is 4.82. The zero-order valence-electron chi connectivity index (χ0n) is 11.9. The molecule has 0 spiro atoms. The lowest BCUT2D eigenvalue weighted by molar-refractivity contribution is 0.913. The van der Waals surface area contributed by atoms with E-state index in [9.17, 15) is 0 Å². The number of nitrogens with zero attached hydrogens (tertiary/aromatic N) is 5. The van der Waals surface area contributed by atoms with Crippen molar-refractivity contribution in [2.24, 2.45) is 0 Å². The maximum Gasteiger partial charge on any atom is 0.231 e. The molecule has 0 aromatic carbocycles. The van der Waals surface area contributed by atoms with Crippen LogP contribution in [0.5, 0.6) is 0 Å². The first-order valence-corrected chi connectivity index (χ1v) is 6.26. The first-order valence-electron chi connectivity index (χ1n) is 6.26. The van der Waals surface area contributed by atoms with E-state index in [1.54, 1.807) is 0 Å². The van der Waals surface area contributed by atoms with Crippen LogP contribution < -0.4 is 15.1 Å².